The number of amides is 1. The standard InChI is InChI=1S/C23H26ClNO4/c1-3-8-19(23(27)28-4-2)25-20(26)15-29-22(17-9-6-5-7-10-17)21(25)16-11-13-18(24)14-12-16/h5-7,9-14,19,21-22H,3-4,8,15H2,1-2H3. The first-order valence-corrected chi connectivity index (χ1v) is 10.3. The first kappa shape index (κ1) is 21.3. The van der Waals surface area contributed by atoms with Gasteiger partial charge < -0.3 is 14.4 Å². The fourth-order valence-electron chi connectivity index (χ4n) is 3.79. The van der Waals surface area contributed by atoms with Crippen molar-refractivity contribution in [1.82, 2.24) is 4.90 Å². The quantitative estimate of drug-likeness (QED) is 0.614. The van der Waals surface area contributed by atoms with Crippen LogP contribution in [0, 0.1) is 0 Å². The lowest BCUT2D eigenvalue weighted by molar-refractivity contribution is -0.174. The minimum absolute atomic E-state index is 0.0801. The summed E-state index contributed by atoms with van der Waals surface area (Å²) < 4.78 is 11.3. The zero-order valence-electron chi connectivity index (χ0n) is 16.7. The Balaban J connectivity index is 2.09. The molecule has 0 bridgehead atoms. The SMILES string of the molecule is CCCC(C(=O)OCC)N1C(=O)COC(c2ccccc2)C1c1ccc(Cl)cc1. The van der Waals surface area contributed by atoms with Crippen LogP contribution in [-0.2, 0) is 19.1 Å². The predicted octanol–water partition coefficient (Wildman–Crippen LogP) is 4.71. The Bertz CT molecular complexity index is 825. The molecule has 0 aliphatic carbocycles. The number of esters is 1. The summed E-state index contributed by atoms with van der Waals surface area (Å²) in [7, 11) is 0. The first-order chi connectivity index (χ1) is 14.1. The van der Waals surface area contributed by atoms with E-state index in [-0.39, 0.29) is 25.1 Å². The summed E-state index contributed by atoms with van der Waals surface area (Å²) in [6.07, 6.45) is 0.872. The Hall–Kier alpha value is -2.37. The minimum Gasteiger partial charge on any atom is -0.464 e. The number of rotatable bonds is 7. The molecular weight excluding hydrogens is 390 g/mol. The Morgan fingerprint density at radius 1 is 1.14 bits per heavy atom. The number of carbonyl (C=O) groups excluding carboxylic acids is 2. The van der Waals surface area contributed by atoms with Crippen molar-refractivity contribution in [3.63, 3.8) is 0 Å². The second-order valence-electron chi connectivity index (χ2n) is 7.00. The average molecular weight is 416 g/mol. The van der Waals surface area contributed by atoms with Crippen LogP contribution in [0.3, 0.4) is 0 Å². The van der Waals surface area contributed by atoms with Crippen LogP contribution in [-0.4, -0.2) is 36.0 Å². The van der Waals surface area contributed by atoms with Gasteiger partial charge in [-0.15, -0.1) is 0 Å². The highest BCUT2D eigenvalue weighted by molar-refractivity contribution is 6.30. The molecule has 1 aliphatic heterocycles. The van der Waals surface area contributed by atoms with E-state index in [9.17, 15) is 9.59 Å². The molecule has 2 aromatic rings. The molecule has 3 atom stereocenters. The number of benzene rings is 2. The van der Waals surface area contributed by atoms with E-state index in [0.717, 1.165) is 17.5 Å². The summed E-state index contributed by atoms with van der Waals surface area (Å²) in [5.74, 6) is -0.598. The van der Waals surface area contributed by atoms with E-state index < -0.39 is 18.2 Å². The van der Waals surface area contributed by atoms with Crippen molar-refractivity contribution < 1.29 is 19.1 Å². The van der Waals surface area contributed by atoms with Crippen LogP contribution in [0.4, 0.5) is 0 Å². The first-order valence-electron chi connectivity index (χ1n) is 9.96. The number of nitrogens with zero attached hydrogens (tertiary/aromatic N) is 1. The molecule has 0 saturated carbocycles. The van der Waals surface area contributed by atoms with E-state index in [2.05, 4.69) is 0 Å². The van der Waals surface area contributed by atoms with Gasteiger partial charge in [0.1, 0.15) is 18.8 Å². The van der Waals surface area contributed by atoms with Crippen molar-refractivity contribution in [2.45, 2.75) is 44.9 Å². The van der Waals surface area contributed by atoms with Gasteiger partial charge in [0.15, 0.2) is 0 Å². The van der Waals surface area contributed by atoms with E-state index in [1.807, 2.05) is 49.4 Å². The molecule has 6 heteroatoms. The van der Waals surface area contributed by atoms with Gasteiger partial charge >= 0.3 is 5.97 Å². The Kier molecular flexibility index (Phi) is 7.29. The molecule has 3 unspecified atom stereocenters. The van der Waals surface area contributed by atoms with Gasteiger partial charge in [-0.3, -0.25) is 4.79 Å². The molecule has 0 spiro atoms. The van der Waals surface area contributed by atoms with E-state index in [0.29, 0.717) is 11.4 Å². The molecule has 2 aromatic carbocycles. The zero-order valence-corrected chi connectivity index (χ0v) is 17.5. The molecule has 3 rings (SSSR count). The molecule has 0 N–H and O–H groups in total. The zero-order chi connectivity index (χ0) is 20.8. The highest BCUT2D eigenvalue weighted by Gasteiger charge is 2.44. The lowest BCUT2D eigenvalue weighted by atomic mass is 9.91. The molecular formula is C23H26ClNO4. The molecule has 154 valence electrons. The molecule has 1 fully saturated rings. The maximum Gasteiger partial charge on any atom is 0.328 e. The van der Waals surface area contributed by atoms with Gasteiger partial charge in [0.25, 0.3) is 0 Å². The van der Waals surface area contributed by atoms with Crippen LogP contribution in [0.5, 0.6) is 0 Å². The second kappa shape index (κ2) is 9.90. The van der Waals surface area contributed by atoms with Gasteiger partial charge in [0.05, 0.1) is 12.6 Å². The highest BCUT2D eigenvalue weighted by atomic mass is 35.5. The number of carbonyl (C=O) groups is 2. The van der Waals surface area contributed by atoms with Crippen molar-refractivity contribution in [2.75, 3.05) is 13.2 Å². The maximum atomic E-state index is 13.0. The fraction of sp³-hybridized carbons (Fsp3) is 0.391. The summed E-state index contributed by atoms with van der Waals surface area (Å²) >= 11 is 6.09. The van der Waals surface area contributed by atoms with E-state index >= 15 is 0 Å². The van der Waals surface area contributed by atoms with Crippen molar-refractivity contribution >= 4 is 23.5 Å². The van der Waals surface area contributed by atoms with Crippen LogP contribution >= 0.6 is 11.6 Å². The minimum atomic E-state index is -0.664. The van der Waals surface area contributed by atoms with Gasteiger partial charge in [-0.1, -0.05) is 67.4 Å². The summed E-state index contributed by atoms with van der Waals surface area (Å²) in [6, 6.07) is 16.0. The molecule has 1 amide bonds. The molecule has 29 heavy (non-hydrogen) atoms. The Morgan fingerprint density at radius 3 is 2.45 bits per heavy atom. The average Bonchev–Trinajstić information content (AvgIpc) is 2.73. The van der Waals surface area contributed by atoms with E-state index in [1.165, 1.54) is 0 Å². The molecule has 1 saturated heterocycles. The lowest BCUT2D eigenvalue weighted by Crippen LogP contribution is -2.53. The fourth-order valence-corrected chi connectivity index (χ4v) is 3.92. The Morgan fingerprint density at radius 2 is 1.83 bits per heavy atom. The maximum absolute atomic E-state index is 13.0. The van der Waals surface area contributed by atoms with Gasteiger partial charge in [0.2, 0.25) is 5.91 Å². The third-order valence-corrected chi connectivity index (χ3v) is 5.31. The van der Waals surface area contributed by atoms with E-state index in [4.69, 9.17) is 21.1 Å². The van der Waals surface area contributed by atoms with Crippen LogP contribution < -0.4 is 0 Å². The van der Waals surface area contributed by atoms with Gasteiger partial charge in [-0.2, -0.15) is 0 Å². The van der Waals surface area contributed by atoms with Crippen LogP contribution in [0.2, 0.25) is 5.02 Å². The molecule has 1 heterocycles. The molecule has 1 aliphatic rings. The van der Waals surface area contributed by atoms with Crippen molar-refractivity contribution in [1.29, 1.82) is 0 Å². The van der Waals surface area contributed by atoms with Gasteiger partial charge in [-0.05, 0) is 36.6 Å². The summed E-state index contributed by atoms with van der Waals surface area (Å²) in [5.41, 5.74) is 1.81. The van der Waals surface area contributed by atoms with Crippen molar-refractivity contribution in [2.24, 2.45) is 0 Å². The number of ether oxygens (including phenoxy) is 2. The molecule has 5 nitrogen and oxygen atoms in total. The summed E-state index contributed by atoms with van der Waals surface area (Å²) in [6.45, 7) is 3.95. The second-order valence-corrected chi connectivity index (χ2v) is 7.43. The molecule has 0 aromatic heterocycles. The monoisotopic (exact) mass is 415 g/mol. The summed E-state index contributed by atoms with van der Waals surface area (Å²) in [4.78, 5) is 27.4. The smallest absolute Gasteiger partial charge is 0.328 e. The number of morpholine rings is 1. The van der Waals surface area contributed by atoms with Crippen molar-refractivity contribution in [3.8, 4) is 0 Å². The van der Waals surface area contributed by atoms with Gasteiger partial charge in [0, 0.05) is 5.02 Å². The predicted molar refractivity (Wildman–Crippen MR) is 112 cm³/mol. The third-order valence-electron chi connectivity index (χ3n) is 5.06. The number of halogens is 1. The topological polar surface area (TPSA) is 55.8 Å². The van der Waals surface area contributed by atoms with Gasteiger partial charge in [-0.25, -0.2) is 4.79 Å². The molecule has 0 radical (unpaired) electrons. The number of hydrogen-bond donors (Lipinski definition) is 0. The highest BCUT2D eigenvalue weighted by Crippen LogP contribution is 2.42. The summed E-state index contributed by atoms with van der Waals surface area (Å²) in [5, 5.41) is 0.607. The largest absolute Gasteiger partial charge is 0.464 e. The van der Waals surface area contributed by atoms with Crippen LogP contribution in [0.25, 0.3) is 0 Å². The van der Waals surface area contributed by atoms with E-state index in [1.54, 1.807) is 24.0 Å². The number of hydrogen-bond acceptors (Lipinski definition) is 4. The normalized spacial score (nSPS) is 20.4. The third kappa shape index (κ3) is 4.80. The lowest BCUT2D eigenvalue weighted by Gasteiger charge is -2.44. The van der Waals surface area contributed by atoms with Crippen LogP contribution in [0.15, 0.2) is 54.6 Å². The van der Waals surface area contributed by atoms with Crippen LogP contribution in [0.1, 0.15) is 50.0 Å². The van der Waals surface area contributed by atoms with Crippen molar-refractivity contribution in [3.05, 3.63) is 70.7 Å². The Labute approximate surface area is 176 Å².